The molecule has 1 aromatic rings. The van der Waals surface area contributed by atoms with E-state index in [0.717, 1.165) is 33.2 Å². The van der Waals surface area contributed by atoms with Crippen LogP contribution >= 0.6 is 23.8 Å². The molecule has 3 rings (SSSR count). The lowest BCUT2D eigenvalue weighted by Crippen LogP contribution is -2.40. The van der Waals surface area contributed by atoms with Crippen molar-refractivity contribution in [2.24, 2.45) is 11.8 Å². The molecule has 1 aromatic carbocycles. The molecule has 0 spiro atoms. The van der Waals surface area contributed by atoms with Crippen molar-refractivity contribution < 1.29 is 0 Å². The number of hydrogen-bond donors (Lipinski definition) is 2. The smallest absolute Gasteiger partial charge is 0.171 e. The Bertz CT molecular complexity index is 503. The third kappa shape index (κ3) is 2.87. The largest absolute Gasteiger partial charge is 0.359 e. The van der Waals surface area contributed by atoms with Crippen molar-refractivity contribution in [3.8, 4) is 0 Å². The zero-order valence-electron chi connectivity index (χ0n) is 11.1. The summed E-state index contributed by atoms with van der Waals surface area (Å²) < 4.78 is 0. The van der Waals surface area contributed by atoms with E-state index in [4.69, 9.17) is 23.8 Å². The molecule has 0 amide bonds. The van der Waals surface area contributed by atoms with Crippen LogP contribution < -0.4 is 10.6 Å². The second-order valence-corrected chi connectivity index (χ2v) is 6.66. The van der Waals surface area contributed by atoms with E-state index in [1.165, 1.54) is 25.7 Å². The van der Waals surface area contributed by atoms with Gasteiger partial charge in [0.2, 0.25) is 0 Å². The van der Waals surface area contributed by atoms with Crippen LogP contribution in [0.1, 0.15) is 31.2 Å². The lowest BCUT2D eigenvalue weighted by atomic mass is 9.96. The first-order valence-electron chi connectivity index (χ1n) is 6.95. The van der Waals surface area contributed by atoms with Crippen molar-refractivity contribution in [3.63, 3.8) is 0 Å². The molecule has 102 valence electrons. The summed E-state index contributed by atoms with van der Waals surface area (Å²) in [6.45, 7) is 2.00. The Morgan fingerprint density at radius 3 is 2.79 bits per heavy atom. The summed E-state index contributed by atoms with van der Waals surface area (Å²) in [5, 5.41) is 8.19. The Hall–Kier alpha value is -0.800. The topological polar surface area (TPSA) is 24.1 Å². The number of nitrogens with one attached hydrogen (secondary N) is 2. The highest BCUT2D eigenvalue weighted by Gasteiger charge is 2.39. The van der Waals surface area contributed by atoms with Crippen molar-refractivity contribution in [2.45, 2.75) is 38.6 Å². The van der Waals surface area contributed by atoms with Crippen LogP contribution in [-0.2, 0) is 0 Å². The van der Waals surface area contributed by atoms with Crippen molar-refractivity contribution in [2.75, 3.05) is 5.32 Å². The first-order chi connectivity index (χ1) is 9.11. The van der Waals surface area contributed by atoms with Crippen molar-refractivity contribution in [3.05, 3.63) is 28.8 Å². The van der Waals surface area contributed by atoms with E-state index in [-0.39, 0.29) is 0 Å². The van der Waals surface area contributed by atoms with Crippen LogP contribution in [0.25, 0.3) is 0 Å². The van der Waals surface area contributed by atoms with Gasteiger partial charge in [-0.1, -0.05) is 24.1 Å². The molecule has 0 aromatic heterocycles. The van der Waals surface area contributed by atoms with E-state index in [1.807, 2.05) is 25.1 Å². The minimum Gasteiger partial charge on any atom is -0.359 e. The van der Waals surface area contributed by atoms with Gasteiger partial charge in [0.25, 0.3) is 0 Å². The third-order valence-corrected chi connectivity index (χ3v) is 5.11. The molecule has 2 aliphatic rings. The molecule has 0 radical (unpaired) electrons. The van der Waals surface area contributed by atoms with Crippen molar-refractivity contribution in [1.29, 1.82) is 0 Å². The molecular weight excluding hydrogens is 276 g/mol. The summed E-state index contributed by atoms with van der Waals surface area (Å²) in [5.74, 6) is 1.76. The summed E-state index contributed by atoms with van der Waals surface area (Å²) in [5.41, 5.74) is 2.04. The van der Waals surface area contributed by atoms with Gasteiger partial charge in [-0.25, -0.2) is 0 Å². The fraction of sp³-hybridized carbons (Fsp3) is 0.533. The van der Waals surface area contributed by atoms with Crippen molar-refractivity contribution in [1.82, 2.24) is 5.32 Å². The molecular formula is C15H19ClN2S. The van der Waals surface area contributed by atoms with E-state index in [0.29, 0.717) is 6.04 Å². The van der Waals surface area contributed by atoms with E-state index < -0.39 is 0 Å². The number of hydrogen-bond acceptors (Lipinski definition) is 1. The van der Waals surface area contributed by atoms with Crippen LogP contribution in [-0.4, -0.2) is 11.2 Å². The number of thiocarbonyl (C=S) groups is 1. The average Bonchev–Trinajstić information content (AvgIpc) is 2.96. The summed E-state index contributed by atoms with van der Waals surface area (Å²) in [6.07, 6.45) is 5.44. The van der Waals surface area contributed by atoms with Gasteiger partial charge in [0.05, 0.1) is 0 Å². The van der Waals surface area contributed by atoms with Crippen LogP contribution in [0, 0.1) is 18.8 Å². The standard InChI is InChI=1S/C15H19ClN2S/c1-9-2-5-12(8-13(9)16)17-15(19)18-14-7-10-3-4-11(14)6-10/h2,5,8,10-11,14H,3-4,6-7H2,1H3,(H2,17,18,19). The maximum Gasteiger partial charge on any atom is 0.171 e. The molecule has 2 nitrogen and oxygen atoms in total. The number of aryl methyl sites for hydroxylation is 1. The zero-order valence-corrected chi connectivity index (χ0v) is 12.7. The van der Waals surface area contributed by atoms with Crippen LogP contribution in [0.15, 0.2) is 18.2 Å². The van der Waals surface area contributed by atoms with Crippen LogP contribution in [0.5, 0.6) is 0 Å². The highest BCUT2D eigenvalue weighted by Crippen LogP contribution is 2.44. The van der Waals surface area contributed by atoms with Gasteiger partial charge in [0.1, 0.15) is 0 Å². The summed E-state index contributed by atoms with van der Waals surface area (Å²) >= 11 is 11.5. The molecule has 2 aliphatic carbocycles. The van der Waals surface area contributed by atoms with Crippen LogP contribution in [0.4, 0.5) is 5.69 Å². The Balaban J connectivity index is 1.57. The SMILES string of the molecule is Cc1ccc(NC(=S)NC2CC3CCC2C3)cc1Cl. The summed E-state index contributed by atoms with van der Waals surface area (Å²) in [7, 11) is 0. The van der Waals surface area contributed by atoms with Gasteiger partial charge >= 0.3 is 0 Å². The van der Waals surface area contributed by atoms with Gasteiger partial charge < -0.3 is 10.6 Å². The van der Waals surface area contributed by atoms with Gasteiger partial charge in [-0.3, -0.25) is 0 Å². The molecule has 2 fully saturated rings. The predicted molar refractivity (Wildman–Crippen MR) is 84.8 cm³/mol. The molecule has 0 saturated heterocycles. The second-order valence-electron chi connectivity index (χ2n) is 5.84. The molecule has 0 heterocycles. The summed E-state index contributed by atoms with van der Waals surface area (Å²) in [4.78, 5) is 0. The molecule has 2 N–H and O–H groups in total. The molecule has 3 atom stereocenters. The third-order valence-electron chi connectivity index (χ3n) is 4.48. The minimum absolute atomic E-state index is 0.569. The number of fused-ring (bicyclic) bond motifs is 2. The molecule has 0 aliphatic heterocycles. The maximum atomic E-state index is 6.12. The van der Waals surface area contributed by atoms with E-state index in [2.05, 4.69) is 10.6 Å². The first kappa shape index (κ1) is 13.2. The maximum absolute atomic E-state index is 6.12. The molecule has 19 heavy (non-hydrogen) atoms. The molecule has 3 unspecified atom stereocenters. The Labute approximate surface area is 124 Å². The van der Waals surface area contributed by atoms with Gasteiger partial charge in [-0.2, -0.15) is 0 Å². The van der Waals surface area contributed by atoms with Gasteiger partial charge in [0, 0.05) is 16.8 Å². The average molecular weight is 295 g/mol. The number of halogens is 1. The number of rotatable bonds is 2. The van der Waals surface area contributed by atoms with Gasteiger partial charge in [0.15, 0.2) is 5.11 Å². The van der Waals surface area contributed by atoms with Crippen LogP contribution in [0.2, 0.25) is 5.02 Å². The highest BCUT2D eigenvalue weighted by molar-refractivity contribution is 7.80. The lowest BCUT2D eigenvalue weighted by molar-refractivity contribution is 0.392. The van der Waals surface area contributed by atoms with E-state index in [9.17, 15) is 0 Å². The normalized spacial score (nSPS) is 28.4. The van der Waals surface area contributed by atoms with Crippen molar-refractivity contribution >= 4 is 34.6 Å². The second kappa shape index (κ2) is 5.29. The van der Waals surface area contributed by atoms with Gasteiger partial charge in [-0.05, 0) is 67.9 Å². The fourth-order valence-electron chi connectivity index (χ4n) is 3.43. The van der Waals surface area contributed by atoms with Crippen LogP contribution in [0.3, 0.4) is 0 Å². The Morgan fingerprint density at radius 1 is 1.32 bits per heavy atom. The number of anilines is 1. The van der Waals surface area contributed by atoms with Gasteiger partial charge in [-0.15, -0.1) is 0 Å². The monoisotopic (exact) mass is 294 g/mol. The van der Waals surface area contributed by atoms with E-state index >= 15 is 0 Å². The predicted octanol–water partition coefficient (Wildman–Crippen LogP) is 4.12. The quantitative estimate of drug-likeness (QED) is 0.802. The Morgan fingerprint density at radius 2 is 2.16 bits per heavy atom. The van der Waals surface area contributed by atoms with E-state index in [1.54, 1.807) is 0 Å². The fourth-order valence-corrected chi connectivity index (χ4v) is 3.88. The minimum atomic E-state index is 0.569. The highest BCUT2D eigenvalue weighted by atomic mass is 35.5. The Kier molecular flexibility index (Phi) is 3.68. The lowest BCUT2D eigenvalue weighted by Gasteiger charge is -2.24. The molecule has 4 heteroatoms. The number of benzene rings is 1. The molecule has 2 bridgehead atoms. The summed E-state index contributed by atoms with van der Waals surface area (Å²) in [6, 6.07) is 6.51. The zero-order chi connectivity index (χ0) is 13.4. The first-order valence-corrected chi connectivity index (χ1v) is 7.74. The molecule has 2 saturated carbocycles.